The molecule has 1 aliphatic rings. The number of benzene rings is 1. The maximum atomic E-state index is 12.7. The van der Waals surface area contributed by atoms with Gasteiger partial charge in [0, 0.05) is 36.7 Å². The van der Waals surface area contributed by atoms with Crippen LogP contribution in [0.4, 0.5) is 0 Å². The Morgan fingerprint density at radius 3 is 2.82 bits per heavy atom. The summed E-state index contributed by atoms with van der Waals surface area (Å²) in [5.74, 6) is 0.202. The van der Waals surface area contributed by atoms with Crippen molar-refractivity contribution in [3.8, 4) is 0 Å². The molecule has 1 atom stereocenters. The Bertz CT molecular complexity index is 648. The van der Waals surface area contributed by atoms with Gasteiger partial charge in [-0.1, -0.05) is 30.0 Å². The molecule has 114 valence electrons. The Morgan fingerprint density at radius 1 is 1.27 bits per heavy atom. The zero-order valence-electron chi connectivity index (χ0n) is 12.2. The molecule has 1 aliphatic heterocycles. The Labute approximate surface area is 134 Å². The average Bonchev–Trinajstić information content (AvgIpc) is 3.05. The number of nitrogens with zero attached hydrogens (tertiary/aromatic N) is 2. The van der Waals surface area contributed by atoms with Gasteiger partial charge in [-0.3, -0.25) is 4.79 Å². The van der Waals surface area contributed by atoms with Crippen LogP contribution in [0.5, 0.6) is 0 Å². The van der Waals surface area contributed by atoms with Crippen molar-refractivity contribution < 1.29 is 9.90 Å². The quantitative estimate of drug-likeness (QED) is 0.943. The summed E-state index contributed by atoms with van der Waals surface area (Å²) in [4.78, 5) is 20.0. The molecule has 22 heavy (non-hydrogen) atoms. The number of hydrogen-bond acceptors (Lipinski definition) is 4. The Morgan fingerprint density at radius 2 is 2.09 bits per heavy atom. The van der Waals surface area contributed by atoms with Gasteiger partial charge < -0.3 is 10.0 Å². The first kappa shape index (κ1) is 15.1. The third-order valence-electron chi connectivity index (χ3n) is 3.79. The molecule has 2 aromatic rings. The van der Waals surface area contributed by atoms with Gasteiger partial charge in [0.25, 0.3) is 5.91 Å². The van der Waals surface area contributed by atoms with Crippen molar-refractivity contribution in [3.05, 3.63) is 54.2 Å². The second-order valence-electron chi connectivity index (χ2n) is 5.36. The number of hydrogen-bond donors (Lipinski definition) is 1. The van der Waals surface area contributed by atoms with Crippen molar-refractivity contribution >= 4 is 17.7 Å². The maximum absolute atomic E-state index is 12.7. The summed E-state index contributed by atoms with van der Waals surface area (Å²) in [6.07, 6.45) is 2.58. The van der Waals surface area contributed by atoms with E-state index in [9.17, 15) is 9.90 Å². The van der Waals surface area contributed by atoms with Crippen molar-refractivity contribution in [2.45, 2.75) is 16.3 Å². The average molecular weight is 314 g/mol. The number of aromatic nitrogens is 1. The Kier molecular flexibility index (Phi) is 4.75. The highest BCUT2D eigenvalue weighted by atomic mass is 32.2. The van der Waals surface area contributed by atoms with Crippen LogP contribution in [0.25, 0.3) is 0 Å². The third kappa shape index (κ3) is 3.31. The van der Waals surface area contributed by atoms with E-state index < -0.39 is 0 Å². The summed E-state index contributed by atoms with van der Waals surface area (Å²) in [5, 5.41) is 9.96. The van der Waals surface area contributed by atoms with E-state index in [0.29, 0.717) is 18.7 Å². The van der Waals surface area contributed by atoms with E-state index in [1.165, 1.54) is 11.8 Å². The molecular formula is C17H18N2O2S. The summed E-state index contributed by atoms with van der Waals surface area (Å²) in [5.41, 5.74) is 0.634. The first-order valence-corrected chi connectivity index (χ1v) is 8.17. The first-order valence-electron chi connectivity index (χ1n) is 7.36. The third-order valence-corrected chi connectivity index (χ3v) is 4.82. The lowest BCUT2D eigenvalue weighted by Gasteiger charge is -2.17. The number of likely N-dealkylation sites (tertiary alicyclic amines) is 1. The standard InChI is InChI=1S/C17H18N2O2S/c20-12-13-8-10-19(11-13)17(21)15-7-4-9-18-16(15)22-14-5-2-1-3-6-14/h1-7,9,13,20H,8,10-12H2. The number of carbonyl (C=O) groups excluding carboxylic acids is 1. The van der Waals surface area contributed by atoms with Crippen molar-refractivity contribution in [3.63, 3.8) is 0 Å². The van der Waals surface area contributed by atoms with E-state index >= 15 is 0 Å². The smallest absolute Gasteiger partial charge is 0.256 e. The molecule has 0 saturated carbocycles. The summed E-state index contributed by atoms with van der Waals surface area (Å²) in [7, 11) is 0. The highest BCUT2D eigenvalue weighted by Crippen LogP contribution is 2.30. The summed E-state index contributed by atoms with van der Waals surface area (Å²) in [6.45, 7) is 1.47. The summed E-state index contributed by atoms with van der Waals surface area (Å²) in [6, 6.07) is 13.5. The maximum Gasteiger partial charge on any atom is 0.256 e. The lowest BCUT2D eigenvalue weighted by Crippen LogP contribution is -2.29. The van der Waals surface area contributed by atoms with Gasteiger partial charge >= 0.3 is 0 Å². The number of aliphatic hydroxyl groups is 1. The number of amides is 1. The largest absolute Gasteiger partial charge is 0.396 e. The van der Waals surface area contributed by atoms with Crippen LogP contribution in [-0.2, 0) is 0 Å². The van der Waals surface area contributed by atoms with Crippen LogP contribution in [0.2, 0.25) is 0 Å². The molecule has 0 bridgehead atoms. The molecule has 1 fully saturated rings. The fourth-order valence-corrected chi connectivity index (χ4v) is 3.47. The van der Waals surface area contributed by atoms with Crippen LogP contribution in [0, 0.1) is 5.92 Å². The van der Waals surface area contributed by atoms with Crippen molar-refractivity contribution in [2.24, 2.45) is 5.92 Å². The number of rotatable bonds is 4. The molecule has 0 spiro atoms. The van der Waals surface area contributed by atoms with Crippen LogP contribution in [0.15, 0.2) is 58.6 Å². The number of carbonyl (C=O) groups is 1. The molecule has 1 aromatic carbocycles. The van der Waals surface area contributed by atoms with Crippen LogP contribution in [0.3, 0.4) is 0 Å². The fraction of sp³-hybridized carbons (Fsp3) is 0.294. The van der Waals surface area contributed by atoms with E-state index in [1.54, 1.807) is 12.3 Å². The van der Waals surface area contributed by atoms with E-state index in [1.807, 2.05) is 41.3 Å². The minimum atomic E-state index is 0.00230. The van der Waals surface area contributed by atoms with Crippen molar-refractivity contribution in [2.75, 3.05) is 19.7 Å². The van der Waals surface area contributed by atoms with Gasteiger partial charge in [0.05, 0.1) is 5.56 Å². The van der Waals surface area contributed by atoms with Gasteiger partial charge in [-0.2, -0.15) is 0 Å². The molecule has 2 heterocycles. The predicted molar refractivity (Wildman–Crippen MR) is 85.9 cm³/mol. The lowest BCUT2D eigenvalue weighted by atomic mass is 10.1. The lowest BCUT2D eigenvalue weighted by molar-refractivity contribution is 0.0777. The molecule has 1 unspecified atom stereocenters. The Balaban J connectivity index is 1.80. The minimum Gasteiger partial charge on any atom is -0.396 e. The van der Waals surface area contributed by atoms with Crippen LogP contribution >= 0.6 is 11.8 Å². The molecule has 0 radical (unpaired) electrons. The highest BCUT2D eigenvalue weighted by molar-refractivity contribution is 7.99. The first-order chi connectivity index (χ1) is 10.8. The van der Waals surface area contributed by atoms with Crippen LogP contribution < -0.4 is 0 Å². The second kappa shape index (κ2) is 6.94. The topological polar surface area (TPSA) is 53.4 Å². The molecule has 0 aliphatic carbocycles. The number of aliphatic hydroxyl groups excluding tert-OH is 1. The van der Waals surface area contributed by atoms with Gasteiger partial charge in [0.15, 0.2) is 0 Å². The van der Waals surface area contributed by atoms with Gasteiger partial charge in [0.2, 0.25) is 0 Å². The van der Waals surface area contributed by atoms with Gasteiger partial charge in [-0.25, -0.2) is 4.98 Å². The minimum absolute atomic E-state index is 0.00230. The van der Waals surface area contributed by atoms with Crippen LogP contribution in [0.1, 0.15) is 16.8 Å². The molecule has 1 N–H and O–H groups in total. The van der Waals surface area contributed by atoms with Crippen molar-refractivity contribution in [1.29, 1.82) is 0 Å². The molecule has 4 nitrogen and oxygen atoms in total. The molecule has 3 rings (SSSR count). The molecular weight excluding hydrogens is 296 g/mol. The van der Waals surface area contributed by atoms with Gasteiger partial charge in [-0.05, 0) is 30.7 Å². The Hall–Kier alpha value is -1.85. The molecule has 5 heteroatoms. The van der Waals surface area contributed by atoms with E-state index in [4.69, 9.17) is 0 Å². The van der Waals surface area contributed by atoms with E-state index in [2.05, 4.69) is 4.98 Å². The van der Waals surface area contributed by atoms with E-state index in [-0.39, 0.29) is 18.4 Å². The highest BCUT2D eigenvalue weighted by Gasteiger charge is 2.28. The van der Waals surface area contributed by atoms with Crippen molar-refractivity contribution in [1.82, 2.24) is 9.88 Å². The predicted octanol–water partition coefficient (Wildman–Crippen LogP) is 2.69. The molecule has 1 saturated heterocycles. The zero-order valence-corrected chi connectivity index (χ0v) is 13.0. The summed E-state index contributed by atoms with van der Waals surface area (Å²) >= 11 is 1.50. The summed E-state index contributed by atoms with van der Waals surface area (Å²) < 4.78 is 0. The van der Waals surface area contributed by atoms with E-state index in [0.717, 1.165) is 16.3 Å². The zero-order chi connectivity index (χ0) is 15.4. The molecule has 1 aromatic heterocycles. The number of pyridine rings is 1. The monoisotopic (exact) mass is 314 g/mol. The van der Waals surface area contributed by atoms with Gasteiger partial charge in [0.1, 0.15) is 5.03 Å². The second-order valence-corrected chi connectivity index (χ2v) is 6.42. The fourth-order valence-electron chi connectivity index (χ4n) is 2.57. The van der Waals surface area contributed by atoms with Crippen LogP contribution in [-0.4, -0.2) is 40.6 Å². The van der Waals surface area contributed by atoms with Gasteiger partial charge in [-0.15, -0.1) is 0 Å². The SMILES string of the molecule is O=C(c1cccnc1Sc1ccccc1)N1CCC(CO)C1. The normalized spacial score (nSPS) is 17.7. The molecule has 1 amide bonds.